The van der Waals surface area contributed by atoms with Gasteiger partial charge in [0.05, 0.1) is 6.21 Å². The molecule has 4 heteroatoms. The molecule has 4 rings (SSSR count). The van der Waals surface area contributed by atoms with E-state index in [9.17, 15) is 4.79 Å². The van der Waals surface area contributed by atoms with E-state index in [4.69, 9.17) is 0 Å². The second-order valence-electron chi connectivity index (χ2n) is 7.66. The molecule has 0 saturated heterocycles. The van der Waals surface area contributed by atoms with Crippen LogP contribution in [-0.2, 0) is 0 Å². The Morgan fingerprint density at radius 3 is 2.52 bits per heavy atom. The molecule has 1 fully saturated rings. The van der Waals surface area contributed by atoms with Gasteiger partial charge in [-0.2, -0.15) is 5.10 Å². The molecule has 2 bridgehead atoms. The summed E-state index contributed by atoms with van der Waals surface area (Å²) in [5.41, 5.74) is 6.08. The van der Waals surface area contributed by atoms with Crippen LogP contribution in [0.15, 0.2) is 41.0 Å². The monoisotopic (exact) mass is 339 g/mol. The molecule has 3 aliphatic carbocycles. The van der Waals surface area contributed by atoms with Crippen LogP contribution in [0, 0.1) is 17.3 Å². The predicted octanol–water partition coefficient (Wildman–Crippen LogP) is 4.24. The van der Waals surface area contributed by atoms with Gasteiger partial charge >= 0.3 is 0 Å². The lowest BCUT2D eigenvalue weighted by molar-refractivity contribution is -0.00126. The topological polar surface area (TPSA) is 44.7 Å². The van der Waals surface area contributed by atoms with Gasteiger partial charge in [0.25, 0.3) is 5.91 Å². The lowest BCUT2D eigenvalue weighted by Crippen LogP contribution is -2.48. The summed E-state index contributed by atoms with van der Waals surface area (Å²) >= 11 is 0. The molecular weight excluding hydrogens is 310 g/mol. The zero-order chi connectivity index (χ0) is 18.0. The number of rotatable bonds is 6. The summed E-state index contributed by atoms with van der Waals surface area (Å²) in [6.45, 7) is 10.8. The van der Waals surface area contributed by atoms with Gasteiger partial charge in [-0.05, 0) is 73.8 Å². The maximum Gasteiger partial charge on any atom is 0.271 e. The first kappa shape index (κ1) is 17.7. The number of allylic oxidation sites excluding steroid dienone is 2. The molecule has 0 aromatic heterocycles. The second kappa shape index (κ2) is 7.03. The molecule has 0 aliphatic heterocycles. The Labute approximate surface area is 151 Å². The molecule has 0 spiro atoms. The number of anilines is 1. The summed E-state index contributed by atoms with van der Waals surface area (Å²) in [7, 11) is 0. The Morgan fingerprint density at radius 2 is 1.96 bits per heavy atom. The summed E-state index contributed by atoms with van der Waals surface area (Å²) in [5.74, 6) is 1.23. The van der Waals surface area contributed by atoms with Crippen molar-refractivity contribution in [3.8, 4) is 0 Å². The quantitative estimate of drug-likeness (QED) is 0.622. The molecule has 1 aromatic carbocycles. The number of hydrazone groups is 1. The number of carbonyl (C=O) groups excluding carboxylic acids is 1. The van der Waals surface area contributed by atoms with Crippen molar-refractivity contribution >= 4 is 17.8 Å². The zero-order valence-electron chi connectivity index (χ0n) is 15.7. The summed E-state index contributed by atoms with van der Waals surface area (Å²) in [5, 5.41) is 4.20. The Kier molecular flexibility index (Phi) is 4.98. The van der Waals surface area contributed by atoms with Crippen LogP contribution in [0.4, 0.5) is 5.69 Å². The normalized spacial score (nSPS) is 23.8. The number of carbonyl (C=O) groups is 1. The summed E-state index contributed by atoms with van der Waals surface area (Å²) in [4.78, 5) is 14.5. The van der Waals surface area contributed by atoms with Crippen molar-refractivity contribution in [3.05, 3.63) is 41.5 Å². The number of fused-ring (bicyclic) bond motifs is 1. The fourth-order valence-electron chi connectivity index (χ4n) is 4.19. The SMILES string of the molecule is CCN(CC)c1ccc(C(=O)N/N=C\C2=CC[C@@H]3C[C@H]2C3(C)C)cc1. The third-order valence-corrected chi connectivity index (χ3v) is 6.15. The van der Waals surface area contributed by atoms with Crippen LogP contribution in [0.5, 0.6) is 0 Å². The molecule has 0 radical (unpaired) electrons. The van der Waals surface area contributed by atoms with E-state index in [0.717, 1.165) is 31.1 Å². The fourth-order valence-corrected chi connectivity index (χ4v) is 4.19. The predicted molar refractivity (Wildman–Crippen MR) is 104 cm³/mol. The third kappa shape index (κ3) is 3.35. The number of benzene rings is 1. The molecule has 0 heterocycles. The average molecular weight is 339 g/mol. The van der Waals surface area contributed by atoms with Gasteiger partial charge in [-0.15, -0.1) is 0 Å². The smallest absolute Gasteiger partial charge is 0.271 e. The Hall–Kier alpha value is -2.10. The highest BCUT2D eigenvalue weighted by atomic mass is 16.2. The van der Waals surface area contributed by atoms with Crippen LogP contribution in [0.25, 0.3) is 0 Å². The highest BCUT2D eigenvalue weighted by Crippen LogP contribution is 2.58. The summed E-state index contributed by atoms with van der Waals surface area (Å²) in [6, 6.07) is 7.70. The van der Waals surface area contributed by atoms with Crippen molar-refractivity contribution < 1.29 is 4.79 Å². The van der Waals surface area contributed by atoms with E-state index in [1.165, 1.54) is 12.0 Å². The van der Waals surface area contributed by atoms with Crippen molar-refractivity contribution in [1.82, 2.24) is 5.43 Å². The maximum atomic E-state index is 12.3. The fraction of sp³-hybridized carbons (Fsp3) is 0.524. The van der Waals surface area contributed by atoms with Gasteiger partial charge in [0.15, 0.2) is 0 Å². The van der Waals surface area contributed by atoms with E-state index in [1.54, 1.807) is 0 Å². The van der Waals surface area contributed by atoms with Gasteiger partial charge in [-0.25, -0.2) is 5.43 Å². The average Bonchev–Trinajstić information content (AvgIpc) is 2.63. The molecule has 3 aliphatic rings. The Bertz CT molecular complexity index is 684. The van der Waals surface area contributed by atoms with E-state index in [-0.39, 0.29) is 5.91 Å². The molecule has 4 nitrogen and oxygen atoms in total. The van der Waals surface area contributed by atoms with Gasteiger partial charge in [0.2, 0.25) is 0 Å². The third-order valence-electron chi connectivity index (χ3n) is 6.15. The molecule has 25 heavy (non-hydrogen) atoms. The van der Waals surface area contributed by atoms with Crippen molar-refractivity contribution in [3.63, 3.8) is 0 Å². The summed E-state index contributed by atoms with van der Waals surface area (Å²) in [6.07, 6.45) is 6.50. The first-order valence-corrected chi connectivity index (χ1v) is 9.35. The van der Waals surface area contributed by atoms with Gasteiger partial charge in [-0.1, -0.05) is 19.9 Å². The van der Waals surface area contributed by atoms with Crippen LogP contribution in [0.2, 0.25) is 0 Å². The minimum absolute atomic E-state index is 0.162. The van der Waals surface area contributed by atoms with E-state index in [1.807, 2.05) is 30.5 Å². The molecule has 1 amide bonds. The number of nitrogens with one attached hydrogen (secondary N) is 1. The van der Waals surface area contributed by atoms with Crippen LogP contribution in [0.3, 0.4) is 0 Å². The number of hydrogen-bond acceptors (Lipinski definition) is 3. The first-order chi connectivity index (χ1) is 12.0. The largest absolute Gasteiger partial charge is 0.372 e. The van der Waals surface area contributed by atoms with Crippen molar-refractivity contribution in [2.75, 3.05) is 18.0 Å². The zero-order valence-corrected chi connectivity index (χ0v) is 15.7. The second-order valence-corrected chi connectivity index (χ2v) is 7.66. The molecular formula is C21H29N3O. The van der Waals surface area contributed by atoms with E-state index >= 15 is 0 Å². The molecule has 1 aromatic rings. The van der Waals surface area contributed by atoms with Crippen LogP contribution in [-0.4, -0.2) is 25.2 Å². The molecule has 0 unspecified atom stereocenters. The van der Waals surface area contributed by atoms with Gasteiger partial charge in [-0.3, -0.25) is 4.79 Å². The van der Waals surface area contributed by atoms with Gasteiger partial charge in [0.1, 0.15) is 0 Å². The van der Waals surface area contributed by atoms with Gasteiger partial charge in [0, 0.05) is 24.3 Å². The molecule has 1 saturated carbocycles. The molecule has 2 atom stereocenters. The number of amides is 1. The molecule has 134 valence electrons. The minimum Gasteiger partial charge on any atom is -0.372 e. The van der Waals surface area contributed by atoms with Crippen LogP contribution in [0.1, 0.15) is 50.9 Å². The Morgan fingerprint density at radius 1 is 1.28 bits per heavy atom. The van der Waals surface area contributed by atoms with Crippen molar-refractivity contribution in [2.24, 2.45) is 22.4 Å². The van der Waals surface area contributed by atoms with Crippen molar-refractivity contribution in [1.29, 1.82) is 0 Å². The van der Waals surface area contributed by atoms with Gasteiger partial charge < -0.3 is 4.90 Å². The van der Waals surface area contributed by atoms with E-state index in [2.05, 4.69) is 49.2 Å². The summed E-state index contributed by atoms with van der Waals surface area (Å²) < 4.78 is 0. The highest BCUT2D eigenvalue weighted by Gasteiger charge is 2.50. The lowest BCUT2D eigenvalue weighted by atomic mass is 9.49. The minimum atomic E-state index is -0.162. The standard InChI is InChI=1S/C21H29N3O/c1-5-24(6-2)18-11-8-15(9-12-18)20(25)23-22-14-16-7-10-17-13-19(16)21(17,3)4/h7-9,11-12,14,17,19H,5-6,10,13H2,1-4H3,(H,23,25)/b22-14-/t17-,19-/m1/s1. The lowest BCUT2D eigenvalue weighted by Gasteiger charge is -2.55. The first-order valence-electron chi connectivity index (χ1n) is 9.35. The Balaban J connectivity index is 1.59. The number of hydrogen-bond donors (Lipinski definition) is 1. The van der Waals surface area contributed by atoms with Crippen LogP contribution >= 0.6 is 0 Å². The number of nitrogens with zero attached hydrogens (tertiary/aromatic N) is 2. The van der Waals surface area contributed by atoms with E-state index in [0.29, 0.717) is 16.9 Å². The van der Waals surface area contributed by atoms with E-state index < -0.39 is 0 Å². The van der Waals surface area contributed by atoms with Crippen molar-refractivity contribution in [2.45, 2.75) is 40.5 Å². The maximum absolute atomic E-state index is 12.3. The van der Waals surface area contributed by atoms with Crippen LogP contribution < -0.4 is 10.3 Å². The molecule has 1 N–H and O–H groups in total. The highest BCUT2D eigenvalue weighted by molar-refractivity contribution is 5.95.